The van der Waals surface area contributed by atoms with E-state index in [1.54, 1.807) is 7.11 Å². The fourth-order valence-electron chi connectivity index (χ4n) is 6.99. The Morgan fingerprint density at radius 2 is 1.83 bits per heavy atom. The maximum Gasteiger partial charge on any atom is 0.173 e. The fourth-order valence-corrected chi connectivity index (χ4v) is 8.30. The molecule has 2 aromatic rings. The number of halogens is 1. The number of nitrogens with zero attached hydrogens (tertiary/aromatic N) is 1. The molecule has 1 saturated heterocycles. The van der Waals surface area contributed by atoms with Crippen molar-refractivity contribution in [3.63, 3.8) is 0 Å². The van der Waals surface area contributed by atoms with E-state index in [1.807, 2.05) is 36.4 Å². The average molecular weight is 606 g/mol. The maximum absolute atomic E-state index is 12.9. The molecule has 0 amide bonds. The average Bonchev–Trinajstić information content (AvgIpc) is 3.60. The van der Waals surface area contributed by atoms with Gasteiger partial charge in [-0.1, -0.05) is 46.9 Å². The van der Waals surface area contributed by atoms with E-state index in [0.29, 0.717) is 44.0 Å². The molecule has 3 atom stereocenters. The molecule has 6 rings (SSSR count). The van der Waals surface area contributed by atoms with Gasteiger partial charge >= 0.3 is 0 Å². The second-order valence-electron chi connectivity index (χ2n) is 11.1. The Hall–Kier alpha value is -1.39. The first kappa shape index (κ1) is 24.9. The third-order valence-corrected chi connectivity index (χ3v) is 10.2. The van der Waals surface area contributed by atoms with Crippen molar-refractivity contribution in [3.05, 3.63) is 53.6 Å². The zero-order valence-electron chi connectivity index (χ0n) is 21.2. The minimum absolute atomic E-state index is 0.0112. The molecule has 0 radical (unpaired) electrons. The van der Waals surface area contributed by atoms with Gasteiger partial charge in [0, 0.05) is 40.8 Å². The molecule has 6 nitrogen and oxygen atoms in total. The third kappa shape index (κ3) is 3.97. The molecule has 1 N–H and O–H groups in total. The van der Waals surface area contributed by atoms with Crippen LogP contribution in [0.25, 0.3) is 0 Å². The summed E-state index contributed by atoms with van der Waals surface area (Å²) in [5, 5.41) is 12.9. The number of para-hydroxylation sites is 1. The standard InChI is InChI=1S/C29H36INO5/c1-31(17-20-8-9-20)24-16-21-10-11-23(33-2)26(36-22-6-4-3-5-7-22)25(21)27(19-30)18-28(34-14-15-35-28)12-13-29(24,27)32/h3-7,10-11,20,24,32H,8-9,12-19H2,1-2H3/t24?,27-,29+/m1/s1. The quantitative estimate of drug-likeness (QED) is 0.351. The van der Waals surface area contributed by atoms with E-state index in [0.717, 1.165) is 34.6 Å². The number of methoxy groups -OCH3 is 1. The molecular weight excluding hydrogens is 569 g/mol. The highest BCUT2D eigenvalue weighted by atomic mass is 127. The van der Waals surface area contributed by atoms with E-state index in [9.17, 15) is 5.11 Å². The summed E-state index contributed by atoms with van der Waals surface area (Å²) < 4.78 is 25.7. The number of hydrogen-bond acceptors (Lipinski definition) is 6. The summed E-state index contributed by atoms with van der Waals surface area (Å²) in [5.41, 5.74) is 0.694. The summed E-state index contributed by atoms with van der Waals surface area (Å²) in [5.74, 6) is 2.22. The molecule has 0 aromatic heterocycles. The van der Waals surface area contributed by atoms with Crippen molar-refractivity contribution in [1.29, 1.82) is 0 Å². The fraction of sp³-hybridized carbons (Fsp3) is 0.586. The summed E-state index contributed by atoms with van der Waals surface area (Å²) >= 11 is 2.47. The van der Waals surface area contributed by atoms with Crippen LogP contribution >= 0.6 is 22.6 Å². The lowest BCUT2D eigenvalue weighted by Gasteiger charge is -2.61. The van der Waals surface area contributed by atoms with Crippen LogP contribution in [-0.4, -0.2) is 65.8 Å². The highest BCUT2D eigenvalue weighted by Crippen LogP contribution is 2.62. The van der Waals surface area contributed by atoms with Crippen LogP contribution in [0.2, 0.25) is 0 Å². The Morgan fingerprint density at radius 1 is 1.08 bits per heavy atom. The predicted octanol–water partition coefficient (Wildman–Crippen LogP) is 5.08. The van der Waals surface area contributed by atoms with Gasteiger partial charge in [0.05, 0.1) is 25.9 Å². The van der Waals surface area contributed by atoms with E-state index < -0.39 is 16.8 Å². The van der Waals surface area contributed by atoms with Gasteiger partial charge in [-0.2, -0.15) is 0 Å². The lowest BCUT2D eigenvalue weighted by Crippen LogP contribution is -2.71. The van der Waals surface area contributed by atoms with Gasteiger partial charge in [-0.05, 0) is 62.4 Å². The Kier molecular flexibility index (Phi) is 6.52. The molecule has 1 aliphatic heterocycles. The van der Waals surface area contributed by atoms with Crippen molar-refractivity contribution < 1.29 is 24.1 Å². The lowest BCUT2D eigenvalue weighted by molar-refractivity contribution is -0.241. The van der Waals surface area contributed by atoms with Gasteiger partial charge in [-0.25, -0.2) is 0 Å². The smallest absolute Gasteiger partial charge is 0.173 e. The predicted molar refractivity (Wildman–Crippen MR) is 146 cm³/mol. The molecule has 4 aliphatic rings. The van der Waals surface area contributed by atoms with Gasteiger partial charge in [-0.15, -0.1) is 0 Å². The van der Waals surface area contributed by atoms with Crippen molar-refractivity contribution in [2.45, 2.75) is 61.4 Å². The third-order valence-electron chi connectivity index (χ3n) is 8.94. The molecule has 3 fully saturated rings. The van der Waals surface area contributed by atoms with Crippen LogP contribution < -0.4 is 9.47 Å². The van der Waals surface area contributed by atoms with E-state index in [1.165, 1.54) is 18.4 Å². The number of fused-ring (bicyclic) bond motifs is 3. The second kappa shape index (κ2) is 9.42. The monoisotopic (exact) mass is 605 g/mol. The number of aliphatic hydroxyl groups is 1. The molecule has 1 unspecified atom stereocenters. The molecule has 2 saturated carbocycles. The van der Waals surface area contributed by atoms with Crippen LogP contribution in [0.4, 0.5) is 0 Å². The normalized spacial score (nSPS) is 30.8. The van der Waals surface area contributed by atoms with Gasteiger partial charge in [-0.3, -0.25) is 4.90 Å². The summed E-state index contributed by atoms with van der Waals surface area (Å²) in [4.78, 5) is 2.43. The molecular formula is C29H36INO5. The van der Waals surface area contributed by atoms with Gasteiger partial charge in [0.25, 0.3) is 0 Å². The number of rotatable bonds is 7. The van der Waals surface area contributed by atoms with Gasteiger partial charge in [0.15, 0.2) is 17.3 Å². The summed E-state index contributed by atoms with van der Waals surface area (Å²) in [6.07, 6.45) is 5.28. The summed E-state index contributed by atoms with van der Waals surface area (Å²) in [6, 6.07) is 14.1. The summed E-state index contributed by atoms with van der Waals surface area (Å²) in [6.45, 7) is 2.22. The van der Waals surface area contributed by atoms with Crippen LogP contribution in [0.1, 0.15) is 43.2 Å². The Morgan fingerprint density at radius 3 is 2.50 bits per heavy atom. The van der Waals surface area contributed by atoms with E-state index in [-0.39, 0.29) is 6.04 Å². The molecule has 194 valence electrons. The second-order valence-corrected chi connectivity index (χ2v) is 11.8. The van der Waals surface area contributed by atoms with Crippen molar-refractivity contribution in [2.75, 3.05) is 38.3 Å². The van der Waals surface area contributed by atoms with Crippen LogP contribution in [0, 0.1) is 5.92 Å². The zero-order chi connectivity index (χ0) is 25.0. The maximum atomic E-state index is 12.9. The molecule has 1 spiro atoms. The summed E-state index contributed by atoms with van der Waals surface area (Å²) in [7, 11) is 3.88. The molecule has 7 heteroatoms. The largest absolute Gasteiger partial charge is 0.493 e. The molecule has 36 heavy (non-hydrogen) atoms. The van der Waals surface area contributed by atoms with E-state index in [4.69, 9.17) is 18.9 Å². The first-order chi connectivity index (χ1) is 17.4. The number of benzene rings is 2. The van der Waals surface area contributed by atoms with Gasteiger partial charge in [0.2, 0.25) is 0 Å². The zero-order valence-corrected chi connectivity index (χ0v) is 23.3. The van der Waals surface area contributed by atoms with E-state index in [2.05, 4.69) is 40.6 Å². The molecule has 3 aliphatic carbocycles. The Labute approximate surface area is 227 Å². The van der Waals surface area contributed by atoms with E-state index >= 15 is 0 Å². The van der Waals surface area contributed by atoms with Crippen molar-refractivity contribution in [2.24, 2.45) is 5.92 Å². The van der Waals surface area contributed by atoms with Crippen molar-refractivity contribution >= 4 is 22.6 Å². The number of hydrogen-bond donors (Lipinski definition) is 1. The van der Waals surface area contributed by atoms with Crippen molar-refractivity contribution in [3.8, 4) is 17.2 Å². The number of likely N-dealkylation sites (N-methyl/N-ethyl adjacent to an activating group) is 1. The molecule has 2 aromatic carbocycles. The first-order valence-electron chi connectivity index (χ1n) is 13.1. The Balaban J connectivity index is 1.54. The molecule has 0 bridgehead atoms. The van der Waals surface area contributed by atoms with Crippen molar-refractivity contribution in [1.82, 2.24) is 4.90 Å². The van der Waals surface area contributed by atoms with Crippen LogP contribution in [0.3, 0.4) is 0 Å². The highest BCUT2D eigenvalue weighted by molar-refractivity contribution is 14.1. The molecule has 1 heterocycles. The van der Waals surface area contributed by atoms with Crippen LogP contribution in [0.5, 0.6) is 17.2 Å². The van der Waals surface area contributed by atoms with Crippen LogP contribution in [-0.2, 0) is 21.3 Å². The Bertz CT molecular complexity index is 1100. The SMILES string of the molecule is COc1ccc2c(c1Oc1ccccc1)[C@]1(CI)CC3(CC[C@]1(O)C(N(C)CC1CC1)C2)OCCO3. The number of alkyl halides is 1. The van der Waals surface area contributed by atoms with Gasteiger partial charge in [0.1, 0.15) is 5.75 Å². The minimum Gasteiger partial charge on any atom is -0.493 e. The highest BCUT2D eigenvalue weighted by Gasteiger charge is 2.67. The lowest BCUT2D eigenvalue weighted by atomic mass is 9.52. The topological polar surface area (TPSA) is 60.4 Å². The number of ether oxygens (including phenoxy) is 4. The minimum atomic E-state index is -0.952. The van der Waals surface area contributed by atoms with Gasteiger partial charge < -0.3 is 24.1 Å². The van der Waals surface area contributed by atoms with Crippen LogP contribution in [0.15, 0.2) is 42.5 Å². The first-order valence-corrected chi connectivity index (χ1v) is 14.7.